The lowest BCUT2D eigenvalue weighted by molar-refractivity contribution is -0.118. The highest BCUT2D eigenvalue weighted by molar-refractivity contribution is 6.04. The second-order valence-electron chi connectivity index (χ2n) is 4.43. The maximum absolute atomic E-state index is 12.0. The largest absolute Gasteiger partial charge is 0.482 e. The van der Waals surface area contributed by atoms with Crippen molar-refractivity contribution in [3.05, 3.63) is 41.9 Å². The molecule has 20 heavy (non-hydrogen) atoms. The van der Waals surface area contributed by atoms with Gasteiger partial charge in [0.2, 0.25) is 0 Å². The van der Waals surface area contributed by atoms with Gasteiger partial charge in [-0.1, -0.05) is 0 Å². The van der Waals surface area contributed by atoms with Crippen LogP contribution in [0, 0.1) is 6.92 Å². The van der Waals surface area contributed by atoms with Crippen LogP contribution in [0.5, 0.6) is 5.75 Å². The van der Waals surface area contributed by atoms with Gasteiger partial charge in [0.1, 0.15) is 5.75 Å². The zero-order chi connectivity index (χ0) is 14.1. The van der Waals surface area contributed by atoms with Crippen molar-refractivity contribution in [3.8, 4) is 5.75 Å². The third-order valence-corrected chi connectivity index (χ3v) is 2.94. The molecule has 0 aliphatic carbocycles. The van der Waals surface area contributed by atoms with E-state index in [0.29, 0.717) is 17.1 Å². The summed E-state index contributed by atoms with van der Waals surface area (Å²) in [7, 11) is 0. The molecule has 2 heterocycles. The predicted octanol–water partition coefficient (Wildman–Crippen LogP) is 2.17. The van der Waals surface area contributed by atoms with Crippen LogP contribution in [0.25, 0.3) is 0 Å². The standard InChI is InChI=1S/C14H12N2O4/c1-8-4-5-19-13(8)14(18)15-9-2-3-11-10(6-9)16-12(17)7-20-11/h2-6H,7H2,1H3,(H,15,18)(H,16,17). The molecule has 0 fully saturated rings. The molecule has 2 amide bonds. The zero-order valence-electron chi connectivity index (χ0n) is 10.7. The Kier molecular flexibility index (Phi) is 2.90. The van der Waals surface area contributed by atoms with E-state index in [1.54, 1.807) is 31.2 Å². The quantitative estimate of drug-likeness (QED) is 0.878. The molecule has 3 rings (SSSR count). The molecule has 2 N–H and O–H groups in total. The number of anilines is 2. The second-order valence-corrected chi connectivity index (χ2v) is 4.43. The molecule has 0 spiro atoms. The molecule has 0 atom stereocenters. The van der Waals surface area contributed by atoms with Gasteiger partial charge >= 0.3 is 0 Å². The molecular formula is C14H12N2O4. The molecule has 0 saturated carbocycles. The SMILES string of the molecule is Cc1ccoc1C(=O)Nc1ccc2c(c1)NC(=O)CO2. The van der Waals surface area contributed by atoms with E-state index >= 15 is 0 Å². The fraction of sp³-hybridized carbons (Fsp3) is 0.143. The molecule has 0 unspecified atom stereocenters. The fourth-order valence-corrected chi connectivity index (χ4v) is 1.95. The number of fused-ring (bicyclic) bond motifs is 1. The highest BCUT2D eigenvalue weighted by atomic mass is 16.5. The molecule has 1 aliphatic rings. The number of amides is 2. The minimum atomic E-state index is -0.337. The number of nitrogens with one attached hydrogen (secondary N) is 2. The number of benzene rings is 1. The predicted molar refractivity (Wildman–Crippen MR) is 72.0 cm³/mol. The van der Waals surface area contributed by atoms with Crippen LogP contribution in [0.15, 0.2) is 34.9 Å². The average molecular weight is 272 g/mol. The summed E-state index contributed by atoms with van der Waals surface area (Å²) in [6.07, 6.45) is 1.46. The Labute approximate surface area is 114 Å². The topological polar surface area (TPSA) is 80.6 Å². The Morgan fingerprint density at radius 2 is 2.20 bits per heavy atom. The van der Waals surface area contributed by atoms with Gasteiger partial charge < -0.3 is 19.8 Å². The van der Waals surface area contributed by atoms with Crippen molar-refractivity contribution in [2.45, 2.75) is 6.92 Å². The maximum Gasteiger partial charge on any atom is 0.291 e. The van der Waals surface area contributed by atoms with Gasteiger partial charge in [0.15, 0.2) is 12.4 Å². The average Bonchev–Trinajstić information content (AvgIpc) is 2.84. The summed E-state index contributed by atoms with van der Waals surface area (Å²) in [5.74, 6) is 0.290. The summed E-state index contributed by atoms with van der Waals surface area (Å²) < 4.78 is 10.4. The van der Waals surface area contributed by atoms with Crippen molar-refractivity contribution in [1.29, 1.82) is 0 Å². The summed E-state index contributed by atoms with van der Waals surface area (Å²) in [4.78, 5) is 23.3. The highest BCUT2D eigenvalue weighted by Crippen LogP contribution is 2.30. The summed E-state index contributed by atoms with van der Waals surface area (Å²) in [5.41, 5.74) is 1.85. The van der Waals surface area contributed by atoms with E-state index < -0.39 is 0 Å². The molecule has 1 aromatic heterocycles. The van der Waals surface area contributed by atoms with E-state index in [0.717, 1.165) is 5.56 Å². The van der Waals surface area contributed by atoms with Crippen molar-refractivity contribution in [2.24, 2.45) is 0 Å². The van der Waals surface area contributed by atoms with E-state index in [-0.39, 0.29) is 24.2 Å². The minimum Gasteiger partial charge on any atom is -0.482 e. The highest BCUT2D eigenvalue weighted by Gasteiger charge is 2.17. The Bertz CT molecular complexity index is 690. The zero-order valence-corrected chi connectivity index (χ0v) is 10.7. The molecule has 0 radical (unpaired) electrons. The van der Waals surface area contributed by atoms with E-state index in [1.807, 2.05) is 0 Å². The van der Waals surface area contributed by atoms with Crippen LogP contribution in [0.1, 0.15) is 16.1 Å². The summed E-state index contributed by atoms with van der Waals surface area (Å²) in [5, 5.41) is 5.39. The Balaban J connectivity index is 1.82. The van der Waals surface area contributed by atoms with Crippen LogP contribution in [0.3, 0.4) is 0 Å². The van der Waals surface area contributed by atoms with Crippen LogP contribution < -0.4 is 15.4 Å². The van der Waals surface area contributed by atoms with Crippen LogP contribution in [-0.4, -0.2) is 18.4 Å². The molecule has 6 nitrogen and oxygen atoms in total. The van der Waals surface area contributed by atoms with E-state index in [9.17, 15) is 9.59 Å². The third kappa shape index (κ3) is 2.23. The van der Waals surface area contributed by atoms with Crippen molar-refractivity contribution in [1.82, 2.24) is 0 Å². The first-order valence-corrected chi connectivity index (χ1v) is 6.05. The van der Waals surface area contributed by atoms with Gasteiger partial charge in [0.05, 0.1) is 12.0 Å². The van der Waals surface area contributed by atoms with Crippen LogP contribution in [0.4, 0.5) is 11.4 Å². The molecule has 102 valence electrons. The Morgan fingerprint density at radius 3 is 2.95 bits per heavy atom. The molecule has 2 aromatic rings. The summed E-state index contributed by atoms with van der Waals surface area (Å²) >= 11 is 0. The number of carbonyl (C=O) groups is 2. The lowest BCUT2D eigenvalue weighted by atomic mass is 10.2. The van der Waals surface area contributed by atoms with Gasteiger partial charge in [-0.3, -0.25) is 9.59 Å². The minimum absolute atomic E-state index is 0.00426. The number of furan rings is 1. The van der Waals surface area contributed by atoms with Crippen LogP contribution in [-0.2, 0) is 4.79 Å². The summed E-state index contributed by atoms with van der Waals surface area (Å²) in [6.45, 7) is 1.80. The third-order valence-electron chi connectivity index (χ3n) is 2.94. The van der Waals surface area contributed by atoms with E-state index in [1.165, 1.54) is 6.26 Å². The molecule has 0 bridgehead atoms. The van der Waals surface area contributed by atoms with E-state index in [4.69, 9.17) is 9.15 Å². The monoisotopic (exact) mass is 272 g/mol. The number of rotatable bonds is 2. The van der Waals surface area contributed by atoms with E-state index in [2.05, 4.69) is 10.6 Å². The number of aryl methyl sites for hydroxylation is 1. The number of hydrogen-bond acceptors (Lipinski definition) is 4. The second kappa shape index (κ2) is 4.73. The van der Waals surface area contributed by atoms with Gasteiger partial charge in [0, 0.05) is 11.3 Å². The first-order valence-electron chi connectivity index (χ1n) is 6.05. The normalized spacial score (nSPS) is 13.2. The first kappa shape index (κ1) is 12.3. The van der Waals surface area contributed by atoms with Gasteiger partial charge in [0.25, 0.3) is 11.8 Å². The lowest BCUT2D eigenvalue weighted by Gasteiger charge is -2.18. The molecule has 0 saturated heterocycles. The van der Waals surface area contributed by atoms with Gasteiger partial charge in [-0.05, 0) is 31.2 Å². The number of ether oxygens (including phenoxy) is 1. The Morgan fingerprint density at radius 1 is 1.35 bits per heavy atom. The lowest BCUT2D eigenvalue weighted by Crippen LogP contribution is -2.25. The van der Waals surface area contributed by atoms with Gasteiger partial charge in [-0.25, -0.2) is 0 Å². The van der Waals surface area contributed by atoms with Gasteiger partial charge in [-0.2, -0.15) is 0 Å². The molecule has 1 aliphatic heterocycles. The first-order chi connectivity index (χ1) is 9.63. The van der Waals surface area contributed by atoms with Crippen molar-refractivity contribution in [2.75, 3.05) is 17.2 Å². The van der Waals surface area contributed by atoms with Crippen LogP contribution in [0.2, 0.25) is 0 Å². The smallest absolute Gasteiger partial charge is 0.291 e. The number of hydrogen-bond donors (Lipinski definition) is 2. The van der Waals surface area contributed by atoms with Crippen molar-refractivity contribution >= 4 is 23.2 Å². The maximum atomic E-state index is 12.0. The van der Waals surface area contributed by atoms with Gasteiger partial charge in [-0.15, -0.1) is 0 Å². The molecule has 1 aromatic carbocycles. The number of carbonyl (C=O) groups excluding carboxylic acids is 2. The molecular weight excluding hydrogens is 260 g/mol. The fourth-order valence-electron chi connectivity index (χ4n) is 1.95. The van der Waals surface area contributed by atoms with Crippen LogP contribution >= 0.6 is 0 Å². The summed E-state index contributed by atoms with van der Waals surface area (Å²) in [6, 6.07) is 6.75. The van der Waals surface area contributed by atoms with Crippen molar-refractivity contribution < 1.29 is 18.7 Å². The Hall–Kier alpha value is -2.76. The molecule has 6 heteroatoms. The van der Waals surface area contributed by atoms with Crippen molar-refractivity contribution in [3.63, 3.8) is 0 Å².